The van der Waals surface area contributed by atoms with Gasteiger partial charge in [-0.15, -0.1) is 6.42 Å². The van der Waals surface area contributed by atoms with Gasteiger partial charge < -0.3 is 10.2 Å². The average molecular weight is 439 g/mol. The van der Waals surface area contributed by atoms with Crippen LogP contribution in [-0.4, -0.2) is 31.2 Å². The summed E-state index contributed by atoms with van der Waals surface area (Å²) in [5, 5.41) is 27.0. The topological polar surface area (TPSA) is 58.3 Å². The summed E-state index contributed by atoms with van der Waals surface area (Å²) >= 11 is 0. The molecule has 4 heteroatoms. The van der Waals surface area contributed by atoms with Crippen molar-refractivity contribution in [2.24, 2.45) is 46.8 Å². The van der Waals surface area contributed by atoms with E-state index < -0.39 is 11.2 Å². The third kappa shape index (κ3) is 3.46. The summed E-state index contributed by atoms with van der Waals surface area (Å²) in [6.45, 7) is 9.34. The molecule has 0 aliphatic heterocycles. The standard InChI is InChI=1S/C28H42N2O2/c1-6-19-15-29-30(16-19)17-28(5,32)25-10-9-24-22-8-7-20-14-27(4,31)18(2)13-23(20)21(22)11-12-26(24,25)3/h1,15-16,18,20-25,31-32H,7-14,17H2,2-5H3/t18-,20-,21+,22-,23+,24+,25+,26+,27+,28+/m1/s1. The summed E-state index contributed by atoms with van der Waals surface area (Å²) in [6.07, 6.45) is 18.8. The van der Waals surface area contributed by atoms with Crippen LogP contribution in [0.4, 0.5) is 0 Å². The van der Waals surface area contributed by atoms with Crippen molar-refractivity contribution in [2.45, 2.75) is 96.8 Å². The van der Waals surface area contributed by atoms with E-state index in [0.29, 0.717) is 24.3 Å². The Morgan fingerprint density at radius 2 is 1.97 bits per heavy atom. The van der Waals surface area contributed by atoms with Crippen molar-refractivity contribution in [3.63, 3.8) is 0 Å². The highest BCUT2D eigenvalue weighted by molar-refractivity contribution is 5.26. The molecule has 1 aromatic rings. The Kier molecular flexibility index (Phi) is 5.34. The van der Waals surface area contributed by atoms with Gasteiger partial charge in [0, 0.05) is 6.20 Å². The fourth-order valence-corrected chi connectivity index (χ4v) is 9.23. The van der Waals surface area contributed by atoms with Crippen molar-refractivity contribution in [1.82, 2.24) is 9.78 Å². The van der Waals surface area contributed by atoms with Gasteiger partial charge in [-0.1, -0.05) is 19.8 Å². The molecule has 5 rings (SSSR count). The molecular formula is C28H42N2O2. The van der Waals surface area contributed by atoms with Crippen molar-refractivity contribution in [3.05, 3.63) is 18.0 Å². The van der Waals surface area contributed by atoms with Gasteiger partial charge in [-0.2, -0.15) is 5.10 Å². The molecule has 4 aliphatic rings. The summed E-state index contributed by atoms with van der Waals surface area (Å²) in [5.74, 6) is 7.16. The van der Waals surface area contributed by atoms with Gasteiger partial charge in [-0.25, -0.2) is 0 Å². The molecule has 0 unspecified atom stereocenters. The minimum Gasteiger partial charge on any atom is -0.390 e. The first-order valence-corrected chi connectivity index (χ1v) is 13.0. The lowest BCUT2D eigenvalue weighted by Crippen LogP contribution is -2.54. The van der Waals surface area contributed by atoms with Crippen molar-refractivity contribution in [1.29, 1.82) is 0 Å². The van der Waals surface area contributed by atoms with Crippen LogP contribution in [0.5, 0.6) is 0 Å². The highest BCUT2D eigenvalue weighted by Gasteiger charge is 2.61. The molecule has 176 valence electrons. The van der Waals surface area contributed by atoms with Gasteiger partial charge in [0.25, 0.3) is 0 Å². The van der Waals surface area contributed by atoms with Crippen LogP contribution in [-0.2, 0) is 6.54 Å². The van der Waals surface area contributed by atoms with Crippen LogP contribution >= 0.6 is 0 Å². The molecule has 1 heterocycles. The second-order valence-corrected chi connectivity index (χ2v) is 12.7. The maximum absolute atomic E-state index is 11.7. The summed E-state index contributed by atoms with van der Waals surface area (Å²) in [6, 6.07) is 0. The zero-order chi connectivity index (χ0) is 22.9. The van der Waals surface area contributed by atoms with Crippen LogP contribution in [0.3, 0.4) is 0 Å². The number of aliphatic hydroxyl groups is 2. The Morgan fingerprint density at radius 3 is 2.69 bits per heavy atom. The number of hydrogen-bond donors (Lipinski definition) is 2. The molecule has 4 nitrogen and oxygen atoms in total. The van der Waals surface area contributed by atoms with E-state index in [1.807, 2.05) is 17.8 Å². The maximum Gasteiger partial charge on any atom is 0.0848 e. The fourth-order valence-electron chi connectivity index (χ4n) is 9.23. The highest BCUT2D eigenvalue weighted by atomic mass is 16.3. The van der Waals surface area contributed by atoms with Gasteiger partial charge in [0.05, 0.1) is 29.5 Å². The summed E-state index contributed by atoms with van der Waals surface area (Å²) in [5.41, 5.74) is -0.302. The summed E-state index contributed by atoms with van der Waals surface area (Å²) in [4.78, 5) is 0. The fraction of sp³-hybridized carbons (Fsp3) is 0.821. The number of aromatic nitrogens is 2. The molecular weight excluding hydrogens is 396 g/mol. The van der Waals surface area contributed by atoms with Crippen LogP contribution in [0.2, 0.25) is 0 Å². The number of fused-ring (bicyclic) bond motifs is 5. The minimum atomic E-state index is -0.788. The second-order valence-electron chi connectivity index (χ2n) is 12.7. The molecule has 0 bridgehead atoms. The van der Waals surface area contributed by atoms with Crippen molar-refractivity contribution in [3.8, 4) is 12.3 Å². The normalized spacial score (nSPS) is 47.6. The third-order valence-corrected chi connectivity index (χ3v) is 10.9. The Bertz CT molecular complexity index is 895. The first kappa shape index (κ1) is 22.5. The molecule has 4 saturated carbocycles. The van der Waals surface area contributed by atoms with Gasteiger partial charge in [0.2, 0.25) is 0 Å². The van der Waals surface area contributed by atoms with Crippen molar-refractivity contribution in [2.75, 3.05) is 0 Å². The van der Waals surface area contributed by atoms with E-state index in [0.717, 1.165) is 42.1 Å². The zero-order valence-corrected chi connectivity index (χ0v) is 20.4. The highest BCUT2D eigenvalue weighted by Crippen LogP contribution is 2.66. The molecule has 0 saturated heterocycles. The molecule has 2 N–H and O–H groups in total. The maximum atomic E-state index is 11.7. The predicted molar refractivity (Wildman–Crippen MR) is 127 cm³/mol. The lowest BCUT2D eigenvalue weighted by Gasteiger charge is -2.58. The number of hydrogen-bond acceptors (Lipinski definition) is 3. The monoisotopic (exact) mass is 438 g/mol. The smallest absolute Gasteiger partial charge is 0.0848 e. The lowest BCUT2D eigenvalue weighted by atomic mass is 9.47. The Morgan fingerprint density at radius 1 is 1.19 bits per heavy atom. The number of terminal acetylenes is 1. The minimum absolute atomic E-state index is 0.200. The van der Waals surface area contributed by atoms with E-state index in [1.54, 1.807) is 6.20 Å². The molecule has 4 aliphatic carbocycles. The van der Waals surface area contributed by atoms with Crippen molar-refractivity contribution < 1.29 is 10.2 Å². The molecule has 1 aromatic heterocycles. The quantitative estimate of drug-likeness (QED) is 0.661. The average Bonchev–Trinajstić information content (AvgIpc) is 3.32. The van der Waals surface area contributed by atoms with Gasteiger partial charge in [-0.3, -0.25) is 4.68 Å². The van der Waals surface area contributed by atoms with Gasteiger partial charge >= 0.3 is 0 Å². The first-order valence-electron chi connectivity index (χ1n) is 13.0. The molecule has 32 heavy (non-hydrogen) atoms. The molecule has 0 radical (unpaired) electrons. The van der Waals surface area contributed by atoms with Crippen LogP contribution in [0.15, 0.2) is 12.4 Å². The van der Waals surface area contributed by atoms with Crippen LogP contribution in [0.1, 0.15) is 84.6 Å². The van der Waals surface area contributed by atoms with Gasteiger partial charge in [0.1, 0.15) is 0 Å². The third-order valence-electron chi connectivity index (χ3n) is 10.9. The SMILES string of the molecule is C#Cc1cnn(C[C@](C)(O)[C@H]2CC[C@H]3[C@@H]4CC[C@@H]5C[C@](C)(O)[C@H](C)C[C@@H]5[C@H]4CC[C@@]32C)c1. The molecule has 0 spiro atoms. The molecule has 0 aromatic carbocycles. The predicted octanol–water partition coefficient (Wildman–Crippen LogP) is 4.88. The zero-order valence-electron chi connectivity index (χ0n) is 20.4. The van der Waals surface area contributed by atoms with E-state index in [9.17, 15) is 10.2 Å². The van der Waals surface area contributed by atoms with Crippen LogP contribution in [0, 0.1) is 59.2 Å². The van der Waals surface area contributed by atoms with E-state index in [1.165, 1.54) is 38.5 Å². The van der Waals surface area contributed by atoms with E-state index in [4.69, 9.17) is 6.42 Å². The van der Waals surface area contributed by atoms with Crippen LogP contribution < -0.4 is 0 Å². The molecule has 10 atom stereocenters. The van der Waals surface area contributed by atoms with Gasteiger partial charge in [-0.05, 0) is 112 Å². The van der Waals surface area contributed by atoms with Crippen LogP contribution in [0.25, 0.3) is 0 Å². The van der Waals surface area contributed by atoms with E-state index in [2.05, 4.69) is 31.8 Å². The lowest BCUT2D eigenvalue weighted by molar-refractivity contribution is -0.138. The van der Waals surface area contributed by atoms with Gasteiger partial charge in [0.15, 0.2) is 0 Å². The Hall–Kier alpha value is -1.31. The second kappa shape index (κ2) is 7.60. The largest absolute Gasteiger partial charge is 0.390 e. The van der Waals surface area contributed by atoms with E-state index in [-0.39, 0.29) is 5.41 Å². The summed E-state index contributed by atoms with van der Waals surface area (Å²) in [7, 11) is 0. The first-order chi connectivity index (χ1) is 15.0. The number of rotatable bonds is 3. The Labute approximate surface area is 194 Å². The van der Waals surface area contributed by atoms with E-state index >= 15 is 0 Å². The summed E-state index contributed by atoms with van der Waals surface area (Å²) < 4.78 is 1.83. The number of nitrogens with zero attached hydrogens (tertiary/aromatic N) is 2. The molecule has 4 fully saturated rings. The molecule has 0 amide bonds. The van der Waals surface area contributed by atoms with Crippen molar-refractivity contribution >= 4 is 0 Å². The Balaban J connectivity index is 1.34.